The van der Waals surface area contributed by atoms with Crippen molar-refractivity contribution in [3.63, 3.8) is 0 Å². The lowest BCUT2D eigenvalue weighted by molar-refractivity contribution is -0.138. The molecule has 4 aromatic rings. The van der Waals surface area contributed by atoms with Crippen molar-refractivity contribution in [3.05, 3.63) is 83.2 Å². The number of rotatable bonds is 9. The minimum atomic E-state index is -0.875. The van der Waals surface area contributed by atoms with Crippen molar-refractivity contribution >= 4 is 18.4 Å². The van der Waals surface area contributed by atoms with E-state index in [-0.39, 0.29) is 24.8 Å². The van der Waals surface area contributed by atoms with Gasteiger partial charge in [-0.2, -0.15) is 4.98 Å². The van der Waals surface area contributed by atoms with E-state index in [1.807, 2.05) is 49.4 Å². The van der Waals surface area contributed by atoms with Crippen LogP contribution in [0.15, 0.2) is 65.2 Å². The smallest absolute Gasteiger partial charge is 0.317 e. The van der Waals surface area contributed by atoms with Gasteiger partial charge in [-0.05, 0) is 72.1 Å². The molecule has 0 aliphatic heterocycles. The molecule has 0 amide bonds. The number of aromatic nitrogens is 2. The van der Waals surface area contributed by atoms with Crippen LogP contribution in [0, 0.1) is 12.7 Å². The summed E-state index contributed by atoms with van der Waals surface area (Å²) in [7, 11) is 3.38. The number of hydrogen-bond acceptors (Lipinski definition) is 6. The normalized spacial score (nSPS) is 10.9. The molecule has 0 aliphatic carbocycles. The summed E-state index contributed by atoms with van der Waals surface area (Å²) in [6.07, 6.45) is 0. The van der Waals surface area contributed by atoms with Gasteiger partial charge in [0.25, 0.3) is 5.89 Å². The molecule has 7 nitrogen and oxygen atoms in total. The lowest BCUT2D eigenvalue weighted by atomic mass is 9.94. The Labute approximate surface area is 214 Å². The summed E-state index contributed by atoms with van der Waals surface area (Å²) in [5.74, 6) is -0.338. The number of hydrogen-bond donors (Lipinski definition) is 1. The lowest BCUT2D eigenvalue weighted by Gasteiger charge is -2.14. The van der Waals surface area contributed by atoms with Crippen molar-refractivity contribution in [3.8, 4) is 34.0 Å². The van der Waals surface area contributed by atoms with Crippen molar-refractivity contribution in [2.45, 2.75) is 20.1 Å². The first-order chi connectivity index (χ1) is 16.8. The topological polar surface area (TPSA) is 88.7 Å². The van der Waals surface area contributed by atoms with E-state index in [2.05, 4.69) is 10.1 Å². The Morgan fingerprint density at radius 3 is 2.58 bits per heavy atom. The van der Waals surface area contributed by atoms with Crippen LogP contribution in [-0.4, -0.2) is 46.8 Å². The molecule has 36 heavy (non-hydrogen) atoms. The Balaban J connectivity index is 0.00000361. The van der Waals surface area contributed by atoms with Crippen LogP contribution in [0.5, 0.6) is 0 Å². The molecule has 0 atom stereocenters. The number of nitrogens with zero attached hydrogens (tertiary/aromatic N) is 3. The van der Waals surface area contributed by atoms with E-state index in [0.29, 0.717) is 24.9 Å². The van der Waals surface area contributed by atoms with E-state index in [9.17, 15) is 9.18 Å². The van der Waals surface area contributed by atoms with Gasteiger partial charge in [0.2, 0.25) is 5.82 Å². The van der Waals surface area contributed by atoms with Gasteiger partial charge in [-0.3, -0.25) is 9.69 Å². The summed E-state index contributed by atoms with van der Waals surface area (Å²) in [6, 6.07) is 18.1. The van der Waals surface area contributed by atoms with Gasteiger partial charge in [-0.15, -0.1) is 12.4 Å². The number of carboxylic acids is 1. The SMILES string of the molecule is COCc1cc(-c2nc(-c3cccc(CN(C)CC(=O)O)c3)no2)ccc1-c1ccc(F)cc1C.Cl. The highest BCUT2D eigenvalue weighted by atomic mass is 35.5. The molecule has 188 valence electrons. The van der Waals surface area contributed by atoms with E-state index in [1.165, 1.54) is 12.1 Å². The third kappa shape index (κ3) is 6.34. The zero-order valence-corrected chi connectivity index (χ0v) is 21.0. The van der Waals surface area contributed by atoms with Crippen molar-refractivity contribution in [1.82, 2.24) is 15.0 Å². The van der Waals surface area contributed by atoms with E-state index in [4.69, 9.17) is 14.4 Å². The summed E-state index contributed by atoms with van der Waals surface area (Å²) in [5.41, 5.74) is 6.10. The minimum absolute atomic E-state index is 0. The Hall–Kier alpha value is -3.59. The molecule has 9 heteroatoms. The van der Waals surface area contributed by atoms with Gasteiger partial charge in [-0.25, -0.2) is 4.39 Å². The van der Waals surface area contributed by atoms with Crippen LogP contribution < -0.4 is 0 Å². The molecule has 1 heterocycles. The second-order valence-corrected chi connectivity index (χ2v) is 8.45. The average Bonchev–Trinajstić information content (AvgIpc) is 3.30. The third-order valence-corrected chi connectivity index (χ3v) is 5.60. The van der Waals surface area contributed by atoms with Gasteiger partial charge in [-0.1, -0.05) is 35.5 Å². The summed E-state index contributed by atoms with van der Waals surface area (Å²) in [6.45, 7) is 2.68. The number of carboxylic acid groups (broad SMARTS) is 1. The molecule has 0 aliphatic rings. The standard InChI is InChI=1S/C27H26FN3O4.ClH/c1-17-11-22(28)8-10-23(17)24-9-7-20(13-21(24)16-34-3)27-29-26(30-35-27)19-6-4-5-18(12-19)14-31(2)15-25(32)33;/h4-13H,14-16H2,1-3H3,(H,32,33);1H. The summed E-state index contributed by atoms with van der Waals surface area (Å²) in [5, 5.41) is 13.1. The van der Waals surface area contributed by atoms with Crippen LogP contribution in [0.3, 0.4) is 0 Å². The molecule has 3 aromatic carbocycles. The van der Waals surface area contributed by atoms with Gasteiger partial charge in [0.1, 0.15) is 5.82 Å². The van der Waals surface area contributed by atoms with E-state index in [1.54, 1.807) is 25.1 Å². The first kappa shape index (κ1) is 27.0. The van der Waals surface area contributed by atoms with E-state index < -0.39 is 5.97 Å². The number of likely N-dealkylation sites (N-methyl/N-ethyl adjacent to an activating group) is 1. The van der Waals surface area contributed by atoms with Gasteiger partial charge in [0.05, 0.1) is 13.2 Å². The summed E-state index contributed by atoms with van der Waals surface area (Å²) in [4.78, 5) is 17.2. The van der Waals surface area contributed by atoms with Crippen molar-refractivity contribution < 1.29 is 23.6 Å². The van der Waals surface area contributed by atoms with Gasteiger partial charge in [0.15, 0.2) is 0 Å². The highest BCUT2D eigenvalue weighted by Gasteiger charge is 2.15. The van der Waals surface area contributed by atoms with Crippen LogP contribution in [-0.2, 0) is 22.7 Å². The molecule has 0 saturated carbocycles. The first-order valence-electron chi connectivity index (χ1n) is 11.1. The minimum Gasteiger partial charge on any atom is -0.480 e. The van der Waals surface area contributed by atoms with Crippen molar-refractivity contribution in [1.29, 1.82) is 0 Å². The molecular formula is C27H27ClFN3O4. The predicted octanol–water partition coefficient (Wildman–Crippen LogP) is 5.60. The molecule has 0 saturated heterocycles. The number of carbonyl (C=O) groups is 1. The largest absolute Gasteiger partial charge is 0.480 e. The quantitative estimate of drug-likeness (QED) is 0.313. The molecule has 0 radical (unpaired) electrons. The second-order valence-electron chi connectivity index (χ2n) is 8.45. The Bertz CT molecular complexity index is 1360. The first-order valence-corrected chi connectivity index (χ1v) is 11.1. The Kier molecular flexibility index (Phi) is 8.93. The third-order valence-electron chi connectivity index (χ3n) is 5.60. The van der Waals surface area contributed by atoms with Gasteiger partial charge in [0, 0.05) is 24.8 Å². The number of ether oxygens (including phenoxy) is 1. The zero-order chi connectivity index (χ0) is 24.9. The highest BCUT2D eigenvalue weighted by molar-refractivity contribution is 5.85. The fourth-order valence-corrected chi connectivity index (χ4v) is 4.06. The molecule has 0 spiro atoms. The molecule has 0 bridgehead atoms. The van der Waals surface area contributed by atoms with Crippen LogP contribution in [0.1, 0.15) is 16.7 Å². The number of aryl methyl sites for hydroxylation is 1. The predicted molar refractivity (Wildman–Crippen MR) is 137 cm³/mol. The van der Waals surface area contributed by atoms with Crippen molar-refractivity contribution in [2.75, 3.05) is 20.7 Å². The van der Waals surface area contributed by atoms with Gasteiger partial charge >= 0.3 is 5.97 Å². The van der Waals surface area contributed by atoms with Crippen molar-refractivity contribution in [2.24, 2.45) is 0 Å². The van der Waals surface area contributed by atoms with Crippen LogP contribution >= 0.6 is 12.4 Å². The van der Waals surface area contributed by atoms with E-state index in [0.717, 1.165) is 38.9 Å². The fraction of sp³-hybridized carbons (Fsp3) is 0.222. The van der Waals surface area contributed by atoms with Crippen LogP contribution in [0.2, 0.25) is 0 Å². The molecule has 0 fully saturated rings. The zero-order valence-electron chi connectivity index (χ0n) is 20.2. The Morgan fingerprint density at radius 1 is 1.08 bits per heavy atom. The molecule has 1 aromatic heterocycles. The van der Waals surface area contributed by atoms with Gasteiger partial charge < -0.3 is 14.4 Å². The average molecular weight is 512 g/mol. The number of halogens is 2. The number of methoxy groups -OCH3 is 1. The maximum absolute atomic E-state index is 13.6. The molecular weight excluding hydrogens is 485 g/mol. The fourth-order valence-electron chi connectivity index (χ4n) is 4.06. The molecule has 1 N–H and O–H groups in total. The number of aliphatic carboxylic acids is 1. The molecule has 4 rings (SSSR count). The second kappa shape index (κ2) is 11.9. The lowest BCUT2D eigenvalue weighted by Crippen LogP contribution is -2.25. The summed E-state index contributed by atoms with van der Waals surface area (Å²) < 4.78 is 24.6. The molecule has 0 unspecified atom stereocenters. The summed E-state index contributed by atoms with van der Waals surface area (Å²) >= 11 is 0. The highest BCUT2D eigenvalue weighted by Crippen LogP contribution is 2.32. The van der Waals surface area contributed by atoms with Crippen LogP contribution in [0.4, 0.5) is 4.39 Å². The number of benzene rings is 3. The monoisotopic (exact) mass is 511 g/mol. The maximum Gasteiger partial charge on any atom is 0.317 e. The Morgan fingerprint density at radius 2 is 1.86 bits per heavy atom. The van der Waals surface area contributed by atoms with Crippen LogP contribution in [0.25, 0.3) is 34.0 Å². The maximum atomic E-state index is 13.6. The van der Waals surface area contributed by atoms with E-state index >= 15 is 0 Å².